The Kier molecular flexibility index (Phi) is 16.7. The minimum absolute atomic E-state index is 0. The molecule has 1 aromatic rings. The number of carbonyl (C=O) groups excluding carboxylic acids is 1. The molecule has 0 aliphatic rings. The van der Waals surface area contributed by atoms with Gasteiger partial charge in [0.1, 0.15) is 6.04 Å². The SMILES string of the molecule is CCCCCCCCCCCCCC(=O)N[C@@H](Cc1cnc[nH]1)C(=O)O.[H-].[Na+]. The van der Waals surface area contributed by atoms with Crippen molar-refractivity contribution in [3.8, 4) is 0 Å². The molecular weight excluding hydrogens is 353 g/mol. The van der Waals surface area contributed by atoms with E-state index in [0.29, 0.717) is 12.1 Å². The van der Waals surface area contributed by atoms with Crippen molar-refractivity contribution in [2.24, 2.45) is 0 Å². The predicted molar refractivity (Wildman–Crippen MR) is 104 cm³/mol. The van der Waals surface area contributed by atoms with Crippen molar-refractivity contribution < 1.29 is 45.7 Å². The number of unbranched alkanes of at least 4 members (excludes halogenated alkanes) is 10. The van der Waals surface area contributed by atoms with Crippen LogP contribution in [0.15, 0.2) is 12.5 Å². The second-order valence-electron chi connectivity index (χ2n) is 7.02. The number of aliphatic carboxylic acids is 1. The van der Waals surface area contributed by atoms with Crippen LogP contribution in [0.3, 0.4) is 0 Å². The zero-order chi connectivity index (χ0) is 19.0. The van der Waals surface area contributed by atoms with Crippen molar-refractivity contribution >= 4 is 11.9 Å². The standard InChI is InChI=1S/C20H35N3O3.Na.H/c1-2-3-4-5-6-7-8-9-10-11-12-13-19(24)23-18(20(25)26)14-17-15-21-16-22-17;;/h15-16,18H,2-14H2,1H3,(H,21,22)(H,23,24)(H,25,26);;/q;+1;-1/t18-;;/m0../s1. The Balaban J connectivity index is 0. The van der Waals surface area contributed by atoms with Crippen LogP contribution in [0.2, 0.25) is 0 Å². The number of H-pyrrole nitrogens is 1. The number of nitrogens with zero attached hydrogens (tertiary/aromatic N) is 1. The largest absolute Gasteiger partial charge is 1.00 e. The fraction of sp³-hybridized carbons (Fsp3) is 0.750. The van der Waals surface area contributed by atoms with Gasteiger partial charge < -0.3 is 16.8 Å². The Hall–Kier alpha value is -0.850. The van der Waals surface area contributed by atoms with Crippen LogP contribution in [-0.2, 0) is 16.0 Å². The number of hydrogen-bond donors (Lipinski definition) is 3. The summed E-state index contributed by atoms with van der Waals surface area (Å²) in [6, 6.07) is -0.907. The van der Waals surface area contributed by atoms with Gasteiger partial charge >= 0.3 is 35.5 Å². The van der Waals surface area contributed by atoms with E-state index in [1.54, 1.807) is 6.20 Å². The summed E-state index contributed by atoms with van der Waals surface area (Å²) in [4.78, 5) is 29.9. The van der Waals surface area contributed by atoms with Crippen molar-refractivity contribution in [1.29, 1.82) is 0 Å². The molecule has 0 fully saturated rings. The number of carbonyl (C=O) groups is 2. The number of nitrogens with one attached hydrogen (secondary N) is 2. The van der Waals surface area contributed by atoms with Crippen molar-refractivity contribution in [1.82, 2.24) is 15.3 Å². The molecule has 0 spiro atoms. The fourth-order valence-corrected chi connectivity index (χ4v) is 3.03. The maximum absolute atomic E-state index is 11.9. The van der Waals surface area contributed by atoms with Crippen LogP contribution < -0.4 is 34.9 Å². The smallest absolute Gasteiger partial charge is 1.00 e. The van der Waals surface area contributed by atoms with Crippen LogP contribution in [0.5, 0.6) is 0 Å². The van der Waals surface area contributed by atoms with Crippen LogP contribution in [0.1, 0.15) is 91.1 Å². The number of hydrogen-bond acceptors (Lipinski definition) is 3. The van der Waals surface area contributed by atoms with Gasteiger partial charge in [0.25, 0.3) is 0 Å². The maximum atomic E-state index is 11.9. The molecule has 1 rings (SSSR count). The average Bonchev–Trinajstić information content (AvgIpc) is 3.12. The number of imidazole rings is 1. The summed E-state index contributed by atoms with van der Waals surface area (Å²) in [6.45, 7) is 2.24. The van der Waals surface area contributed by atoms with E-state index in [1.807, 2.05) is 0 Å². The van der Waals surface area contributed by atoms with Crippen LogP contribution in [-0.4, -0.2) is 33.0 Å². The molecule has 1 aromatic heterocycles. The van der Waals surface area contributed by atoms with Crippen molar-refractivity contribution in [3.63, 3.8) is 0 Å². The molecule has 0 aromatic carbocycles. The molecule has 0 unspecified atom stereocenters. The quantitative estimate of drug-likeness (QED) is 0.294. The van der Waals surface area contributed by atoms with Gasteiger partial charge in [-0.15, -0.1) is 0 Å². The van der Waals surface area contributed by atoms with E-state index in [-0.39, 0.29) is 43.3 Å². The van der Waals surface area contributed by atoms with E-state index in [2.05, 4.69) is 22.2 Å². The number of aromatic amines is 1. The summed E-state index contributed by atoms with van der Waals surface area (Å²) in [7, 11) is 0. The Bertz CT molecular complexity index is 501. The maximum Gasteiger partial charge on any atom is 1.00 e. The minimum atomic E-state index is -1.02. The van der Waals surface area contributed by atoms with E-state index >= 15 is 0 Å². The second-order valence-corrected chi connectivity index (χ2v) is 7.02. The number of amides is 1. The van der Waals surface area contributed by atoms with Gasteiger partial charge in [-0.25, -0.2) is 9.78 Å². The number of rotatable bonds is 16. The third-order valence-electron chi connectivity index (χ3n) is 4.62. The molecule has 0 aliphatic heterocycles. The van der Waals surface area contributed by atoms with Gasteiger partial charge in [0.05, 0.1) is 6.33 Å². The zero-order valence-corrected chi connectivity index (χ0v) is 19.1. The molecule has 150 valence electrons. The average molecular weight is 390 g/mol. The second kappa shape index (κ2) is 17.3. The van der Waals surface area contributed by atoms with Gasteiger partial charge in [-0.05, 0) is 6.42 Å². The first-order valence-corrected chi connectivity index (χ1v) is 10.1. The van der Waals surface area contributed by atoms with Crippen LogP contribution in [0, 0.1) is 0 Å². The molecule has 0 bridgehead atoms. The first-order valence-electron chi connectivity index (χ1n) is 10.1. The molecule has 1 atom stereocenters. The zero-order valence-electron chi connectivity index (χ0n) is 18.1. The summed E-state index contributed by atoms with van der Waals surface area (Å²) >= 11 is 0. The van der Waals surface area contributed by atoms with E-state index in [1.165, 1.54) is 57.7 Å². The summed E-state index contributed by atoms with van der Waals surface area (Å²) in [5.74, 6) is -1.21. The van der Waals surface area contributed by atoms with Crippen LogP contribution in [0.25, 0.3) is 0 Å². The molecule has 0 saturated heterocycles. The molecule has 0 radical (unpaired) electrons. The summed E-state index contributed by atoms with van der Waals surface area (Å²) in [5.41, 5.74) is 0.701. The van der Waals surface area contributed by atoms with E-state index < -0.39 is 12.0 Å². The molecule has 0 aliphatic carbocycles. The minimum Gasteiger partial charge on any atom is -1.00 e. The van der Waals surface area contributed by atoms with Crippen molar-refractivity contribution in [3.05, 3.63) is 18.2 Å². The van der Waals surface area contributed by atoms with Gasteiger partial charge in [-0.3, -0.25) is 4.79 Å². The Morgan fingerprint density at radius 2 is 1.63 bits per heavy atom. The monoisotopic (exact) mass is 389 g/mol. The molecule has 7 heteroatoms. The van der Waals surface area contributed by atoms with E-state index in [9.17, 15) is 14.7 Å². The number of carboxylic acids is 1. The first kappa shape index (κ1) is 26.1. The first-order chi connectivity index (χ1) is 12.6. The molecule has 6 nitrogen and oxygen atoms in total. The predicted octanol–water partition coefficient (Wildman–Crippen LogP) is 1.34. The Labute approximate surface area is 187 Å². The molecule has 27 heavy (non-hydrogen) atoms. The fourth-order valence-electron chi connectivity index (χ4n) is 3.03. The van der Waals surface area contributed by atoms with E-state index in [0.717, 1.165) is 19.3 Å². The number of carboxylic acid groups (broad SMARTS) is 1. The molecular formula is C20H36N3NaO3. The summed E-state index contributed by atoms with van der Waals surface area (Å²) in [6.07, 6.45) is 17.2. The van der Waals surface area contributed by atoms with Crippen LogP contribution in [0.4, 0.5) is 0 Å². The third kappa shape index (κ3) is 13.9. The normalized spacial score (nSPS) is 11.6. The third-order valence-corrected chi connectivity index (χ3v) is 4.62. The van der Waals surface area contributed by atoms with Crippen molar-refractivity contribution in [2.75, 3.05) is 0 Å². The Morgan fingerprint density at radius 3 is 2.11 bits per heavy atom. The molecule has 0 saturated carbocycles. The van der Waals surface area contributed by atoms with Gasteiger partial charge in [-0.1, -0.05) is 71.1 Å². The van der Waals surface area contributed by atoms with Gasteiger partial charge in [0.2, 0.25) is 5.91 Å². The van der Waals surface area contributed by atoms with Gasteiger partial charge in [0.15, 0.2) is 0 Å². The topological polar surface area (TPSA) is 95.1 Å². The summed E-state index contributed by atoms with van der Waals surface area (Å²) in [5, 5.41) is 11.8. The number of aromatic nitrogens is 2. The van der Waals surface area contributed by atoms with Gasteiger partial charge in [-0.2, -0.15) is 0 Å². The molecule has 1 amide bonds. The molecule has 1 heterocycles. The van der Waals surface area contributed by atoms with Gasteiger partial charge in [0, 0.05) is 24.7 Å². The molecule has 3 N–H and O–H groups in total. The van der Waals surface area contributed by atoms with Crippen molar-refractivity contribution in [2.45, 2.75) is 96.4 Å². The van der Waals surface area contributed by atoms with E-state index in [4.69, 9.17) is 0 Å². The summed E-state index contributed by atoms with van der Waals surface area (Å²) < 4.78 is 0. The van der Waals surface area contributed by atoms with Crippen LogP contribution >= 0.6 is 0 Å². The Morgan fingerprint density at radius 1 is 1.07 bits per heavy atom.